The van der Waals surface area contributed by atoms with Crippen LogP contribution in [0.1, 0.15) is 32.7 Å². The van der Waals surface area contributed by atoms with Crippen LogP contribution >= 0.6 is 11.3 Å². The normalized spacial score (nSPS) is 12.2. The number of nitrogens with zero attached hydrogens (tertiary/aromatic N) is 2. The van der Waals surface area contributed by atoms with Crippen molar-refractivity contribution in [1.82, 2.24) is 9.55 Å². The quantitative estimate of drug-likeness (QED) is 0.641. The highest BCUT2D eigenvalue weighted by atomic mass is 32.1. The van der Waals surface area contributed by atoms with Crippen molar-refractivity contribution in [3.05, 3.63) is 40.8 Å². The number of fused-ring (bicyclic) bond motifs is 1. The lowest BCUT2D eigenvalue weighted by Gasteiger charge is -2.13. The van der Waals surface area contributed by atoms with Crippen LogP contribution in [0, 0.1) is 0 Å². The second-order valence-electron chi connectivity index (χ2n) is 6.16. The van der Waals surface area contributed by atoms with Crippen LogP contribution in [0.15, 0.2) is 35.8 Å². The summed E-state index contributed by atoms with van der Waals surface area (Å²) in [5.41, 5.74) is 3.71. The molecule has 3 aromatic rings. The minimum Gasteiger partial charge on any atom is -0.348 e. The largest absolute Gasteiger partial charge is 0.348 e. The van der Waals surface area contributed by atoms with E-state index in [1.54, 1.807) is 11.3 Å². The predicted octanol–water partition coefficient (Wildman–Crippen LogP) is 5.08. The van der Waals surface area contributed by atoms with Gasteiger partial charge in [-0.1, -0.05) is 26.8 Å². The Kier molecular flexibility index (Phi) is 3.17. The van der Waals surface area contributed by atoms with Crippen LogP contribution in [0.25, 0.3) is 22.2 Å². The molecule has 0 saturated heterocycles. The van der Waals surface area contributed by atoms with Crippen molar-refractivity contribution in [2.45, 2.75) is 39.7 Å². The Morgan fingerprint density at radius 1 is 1.20 bits per heavy atom. The molecule has 1 aromatic carbocycles. The fraction of sp³-hybridized carbons (Fsp3) is 0.353. The Bertz CT molecular complexity index is 744. The first-order valence-electron chi connectivity index (χ1n) is 7.04. The molecule has 0 unspecified atom stereocenters. The molecule has 0 bridgehead atoms. The smallest absolute Gasteiger partial charge is 0.0986 e. The van der Waals surface area contributed by atoms with Crippen molar-refractivity contribution >= 4 is 22.2 Å². The van der Waals surface area contributed by atoms with Crippen molar-refractivity contribution in [1.29, 1.82) is 0 Å². The maximum absolute atomic E-state index is 4.80. The summed E-state index contributed by atoms with van der Waals surface area (Å²) >= 11 is 1.75. The summed E-state index contributed by atoms with van der Waals surface area (Å²) < 4.78 is 2.26. The van der Waals surface area contributed by atoms with Gasteiger partial charge < -0.3 is 4.57 Å². The van der Waals surface area contributed by atoms with Crippen molar-refractivity contribution in [2.24, 2.45) is 0 Å². The lowest BCUT2D eigenvalue weighted by atomic mass is 9.98. The van der Waals surface area contributed by atoms with E-state index in [2.05, 4.69) is 68.1 Å². The zero-order valence-corrected chi connectivity index (χ0v) is 13.3. The van der Waals surface area contributed by atoms with Crippen molar-refractivity contribution in [3.63, 3.8) is 0 Å². The SMILES string of the molecule is CCn1ccc2cc(-c3csc(C(C)(C)C)n3)ccc21. The molecule has 0 radical (unpaired) electrons. The van der Waals surface area contributed by atoms with Crippen LogP contribution in [0.5, 0.6) is 0 Å². The third-order valence-electron chi connectivity index (χ3n) is 3.55. The lowest BCUT2D eigenvalue weighted by molar-refractivity contribution is 0.586. The van der Waals surface area contributed by atoms with Gasteiger partial charge in [0.25, 0.3) is 0 Å². The zero-order chi connectivity index (χ0) is 14.3. The summed E-state index contributed by atoms with van der Waals surface area (Å²) in [4.78, 5) is 4.80. The predicted molar refractivity (Wildman–Crippen MR) is 87.4 cm³/mol. The summed E-state index contributed by atoms with van der Waals surface area (Å²) in [7, 11) is 0. The summed E-state index contributed by atoms with van der Waals surface area (Å²) in [5, 5.41) is 4.65. The Morgan fingerprint density at radius 3 is 2.65 bits per heavy atom. The Labute approximate surface area is 124 Å². The summed E-state index contributed by atoms with van der Waals surface area (Å²) in [6, 6.07) is 8.79. The highest BCUT2D eigenvalue weighted by Gasteiger charge is 2.18. The molecule has 0 saturated carbocycles. The van der Waals surface area contributed by atoms with Gasteiger partial charge in [0, 0.05) is 40.0 Å². The second-order valence-corrected chi connectivity index (χ2v) is 7.02. The molecule has 0 aliphatic rings. The van der Waals surface area contributed by atoms with E-state index in [-0.39, 0.29) is 5.41 Å². The van der Waals surface area contributed by atoms with E-state index in [0.29, 0.717) is 0 Å². The van der Waals surface area contributed by atoms with Crippen LogP contribution in [0.4, 0.5) is 0 Å². The van der Waals surface area contributed by atoms with Crippen molar-refractivity contribution in [3.8, 4) is 11.3 Å². The monoisotopic (exact) mass is 284 g/mol. The molecule has 0 atom stereocenters. The lowest BCUT2D eigenvalue weighted by Crippen LogP contribution is -2.10. The molecule has 2 aromatic heterocycles. The molecule has 0 aliphatic heterocycles. The third kappa shape index (κ3) is 2.27. The minimum absolute atomic E-state index is 0.124. The van der Waals surface area contributed by atoms with Crippen LogP contribution in [-0.2, 0) is 12.0 Å². The topological polar surface area (TPSA) is 17.8 Å². The summed E-state index contributed by atoms with van der Waals surface area (Å²) in [5.74, 6) is 0. The van der Waals surface area contributed by atoms with Crippen molar-refractivity contribution in [2.75, 3.05) is 0 Å². The van der Waals surface area contributed by atoms with Gasteiger partial charge in [0.15, 0.2) is 0 Å². The standard InChI is InChI=1S/C17H20N2S/c1-5-19-9-8-13-10-12(6-7-15(13)19)14-11-20-16(18-14)17(2,3)4/h6-11H,5H2,1-4H3. The molecular formula is C17H20N2S. The first kappa shape index (κ1) is 13.4. The maximum atomic E-state index is 4.80. The molecule has 0 spiro atoms. The molecule has 3 heteroatoms. The van der Waals surface area contributed by atoms with E-state index >= 15 is 0 Å². The van der Waals surface area contributed by atoms with Gasteiger partial charge in [-0.2, -0.15) is 0 Å². The number of thiazole rings is 1. The molecule has 2 heterocycles. The first-order valence-corrected chi connectivity index (χ1v) is 7.92. The van der Waals surface area contributed by atoms with Crippen LogP contribution in [0.2, 0.25) is 0 Å². The Balaban J connectivity index is 2.04. The molecule has 0 fully saturated rings. The number of benzene rings is 1. The van der Waals surface area contributed by atoms with Crippen molar-refractivity contribution < 1.29 is 0 Å². The third-order valence-corrected chi connectivity index (χ3v) is 4.82. The number of hydrogen-bond donors (Lipinski definition) is 0. The van der Waals surface area contributed by atoms with Gasteiger partial charge in [-0.3, -0.25) is 0 Å². The molecule has 0 aliphatic carbocycles. The molecule has 0 N–H and O–H groups in total. The van der Waals surface area contributed by atoms with Gasteiger partial charge in [0.1, 0.15) is 0 Å². The number of rotatable bonds is 2. The molecule has 20 heavy (non-hydrogen) atoms. The van der Waals surface area contributed by atoms with Crippen LogP contribution < -0.4 is 0 Å². The second kappa shape index (κ2) is 4.74. The van der Waals surface area contributed by atoms with E-state index in [9.17, 15) is 0 Å². The van der Waals surface area contributed by atoms with Gasteiger partial charge in [-0.25, -0.2) is 4.98 Å². The number of hydrogen-bond acceptors (Lipinski definition) is 2. The van der Waals surface area contributed by atoms with Gasteiger partial charge in [-0.15, -0.1) is 11.3 Å². The Morgan fingerprint density at radius 2 is 2.00 bits per heavy atom. The molecular weight excluding hydrogens is 264 g/mol. The van der Waals surface area contributed by atoms with E-state index < -0.39 is 0 Å². The molecule has 104 valence electrons. The van der Waals surface area contributed by atoms with Gasteiger partial charge in [0.2, 0.25) is 0 Å². The first-order chi connectivity index (χ1) is 9.49. The highest BCUT2D eigenvalue weighted by molar-refractivity contribution is 7.10. The average molecular weight is 284 g/mol. The fourth-order valence-corrected chi connectivity index (χ4v) is 3.30. The fourth-order valence-electron chi connectivity index (χ4n) is 2.39. The molecule has 0 amide bonds. The van der Waals surface area contributed by atoms with Gasteiger partial charge >= 0.3 is 0 Å². The number of aromatic nitrogens is 2. The highest BCUT2D eigenvalue weighted by Crippen LogP contribution is 2.31. The van der Waals surface area contributed by atoms with E-state index in [1.807, 2.05) is 0 Å². The Hall–Kier alpha value is -1.61. The van der Waals surface area contributed by atoms with Gasteiger partial charge in [-0.05, 0) is 25.1 Å². The van der Waals surface area contributed by atoms with E-state index in [0.717, 1.165) is 12.2 Å². The molecule has 2 nitrogen and oxygen atoms in total. The van der Waals surface area contributed by atoms with Gasteiger partial charge in [0.05, 0.1) is 10.7 Å². The minimum atomic E-state index is 0.124. The summed E-state index contributed by atoms with van der Waals surface area (Å²) in [6.07, 6.45) is 2.15. The summed E-state index contributed by atoms with van der Waals surface area (Å²) in [6.45, 7) is 9.80. The van der Waals surface area contributed by atoms with Crippen LogP contribution in [0.3, 0.4) is 0 Å². The maximum Gasteiger partial charge on any atom is 0.0986 e. The average Bonchev–Trinajstić information content (AvgIpc) is 3.04. The number of aryl methyl sites for hydroxylation is 1. The molecule has 3 rings (SSSR count). The van der Waals surface area contributed by atoms with Crippen LogP contribution in [-0.4, -0.2) is 9.55 Å². The van der Waals surface area contributed by atoms with E-state index in [1.165, 1.54) is 21.5 Å². The van der Waals surface area contributed by atoms with E-state index in [4.69, 9.17) is 4.98 Å². The zero-order valence-electron chi connectivity index (χ0n) is 12.5.